The fraction of sp³-hybridized carbons (Fsp3) is 0.455. The number of carbonyl (C=O) groups excluding carboxylic acids is 1. The van der Waals surface area contributed by atoms with E-state index in [-0.39, 0.29) is 23.4 Å². The van der Waals surface area contributed by atoms with Gasteiger partial charge in [0.05, 0.1) is 30.2 Å². The van der Waals surface area contributed by atoms with Crippen LogP contribution < -0.4 is 5.73 Å². The van der Waals surface area contributed by atoms with Gasteiger partial charge in [-0.2, -0.15) is 0 Å². The van der Waals surface area contributed by atoms with Crippen LogP contribution in [0.25, 0.3) is 0 Å². The van der Waals surface area contributed by atoms with Crippen molar-refractivity contribution in [1.82, 2.24) is 4.98 Å². The molecule has 0 unspecified atom stereocenters. The van der Waals surface area contributed by atoms with E-state index < -0.39 is 5.97 Å². The second-order valence-electron chi connectivity index (χ2n) is 3.66. The summed E-state index contributed by atoms with van der Waals surface area (Å²) < 4.78 is 10.2. The number of rotatable bonds is 5. The van der Waals surface area contributed by atoms with Crippen molar-refractivity contribution in [2.45, 2.75) is 20.0 Å². The van der Waals surface area contributed by atoms with Crippen molar-refractivity contribution in [3.05, 3.63) is 23.0 Å². The molecule has 2 N–H and O–H groups in total. The Morgan fingerprint density at radius 1 is 1.53 bits per heavy atom. The smallest absolute Gasteiger partial charge is 0.341 e. The third-order valence-corrected chi connectivity index (χ3v) is 2.15. The number of carbonyl (C=O) groups is 1. The van der Waals surface area contributed by atoms with Crippen LogP contribution in [-0.4, -0.2) is 30.3 Å². The van der Waals surface area contributed by atoms with Gasteiger partial charge in [0.15, 0.2) is 0 Å². The number of nitrogens with zero attached hydrogens (tertiary/aromatic N) is 1. The van der Waals surface area contributed by atoms with Crippen molar-refractivity contribution in [2.24, 2.45) is 0 Å². The van der Waals surface area contributed by atoms with Crippen molar-refractivity contribution in [3.8, 4) is 0 Å². The minimum atomic E-state index is -0.554. The Morgan fingerprint density at radius 3 is 2.88 bits per heavy atom. The molecule has 0 bridgehead atoms. The van der Waals surface area contributed by atoms with Crippen LogP contribution in [0.1, 0.15) is 24.2 Å². The first kappa shape index (κ1) is 13.7. The molecule has 1 aromatic rings. The van der Waals surface area contributed by atoms with Gasteiger partial charge in [-0.25, -0.2) is 9.78 Å². The molecule has 0 aliphatic rings. The molecule has 0 saturated heterocycles. The average molecular weight is 259 g/mol. The monoisotopic (exact) mass is 258 g/mol. The van der Waals surface area contributed by atoms with Crippen LogP contribution in [0.5, 0.6) is 0 Å². The lowest BCUT2D eigenvalue weighted by atomic mass is 10.3. The first-order chi connectivity index (χ1) is 8.00. The number of pyridine rings is 1. The molecule has 17 heavy (non-hydrogen) atoms. The molecule has 0 aliphatic heterocycles. The molecule has 1 aromatic heterocycles. The first-order valence-corrected chi connectivity index (χ1v) is 5.58. The molecule has 0 radical (unpaired) electrons. The van der Waals surface area contributed by atoms with Gasteiger partial charge in [0.1, 0.15) is 11.8 Å². The second-order valence-corrected chi connectivity index (χ2v) is 4.02. The van der Waals surface area contributed by atoms with E-state index in [0.717, 1.165) is 0 Å². The summed E-state index contributed by atoms with van der Waals surface area (Å²) in [4.78, 5) is 15.4. The van der Waals surface area contributed by atoms with Crippen LogP contribution in [0, 0.1) is 0 Å². The normalized spacial score (nSPS) is 10.6. The summed E-state index contributed by atoms with van der Waals surface area (Å²) in [6, 6.07) is 1.43. The zero-order chi connectivity index (χ0) is 12.8. The summed E-state index contributed by atoms with van der Waals surface area (Å²) in [5.41, 5.74) is 6.03. The Hall–Kier alpha value is -1.33. The summed E-state index contributed by atoms with van der Waals surface area (Å²) in [6.07, 6.45) is 1.48. The fourth-order valence-electron chi connectivity index (χ4n) is 1.10. The molecule has 0 atom stereocenters. The average Bonchev–Trinajstić information content (AvgIpc) is 2.27. The summed E-state index contributed by atoms with van der Waals surface area (Å²) >= 11 is 5.76. The largest absolute Gasteiger partial charge is 0.460 e. The highest BCUT2D eigenvalue weighted by molar-refractivity contribution is 6.32. The molecule has 5 nitrogen and oxygen atoms in total. The van der Waals surface area contributed by atoms with E-state index in [2.05, 4.69) is 4.98 Å². The summed E-state index contributed by atoms with van der Waals surface area (Å²) in [7, 11) is 0. The lowest BCUT2D eigenvalue weighted by Gasteiger charge is -2.09. The number of ether oxygens (including phenoxy) is 2. The number of aromatic nitrogens is 1. The third-order valence-electron chi connectivity index (χ3n) is 1.85. The molecule has 1 heterocycles. The molecule has 0 spiro atoms. The molecule has 0 aliphatic carbocycles. The maximum atomic E-state index is 11.6. The minimum absolute atomic E-state index is 0.0778. The minimum Gasteiger partial charge on any atom is -0.460 e. The van der Waals surface area contributed by atoms with E-state index in [1.54, 1.807) is 0 Å². The Kier molecular flexibility index (Phi) is 5.18. The number of anilines is 1. The first-order valence-electron chi connectivity index (χ1n) is 5.20. The number of hydrogen-bond acceptors (Lipinski definition) is 5. The lowest BCUT2D eigenvalue weighted by molar-refractivity contribution is 0.0177. The quantitative estimate of drug-likeness (QED) is 0.496. The van der Waals surface area contributed by atoms with Gasteiger partial charge in [0, 0.05) is 0 Å². The van der Waals surface area contributed by atoms with Gasteiger partial charge < -0.3 is 15.2 Å². The number of halogens is 1. The van der Waals surface area contributed by atoms with Gasteiger partial charge in [-0.05, 0) is 19.9 Å². The highest BCUT2D eigenvalue weighted by Gasteiger charge is 2.13. The van der Waals surface area contributed by atoms with Crippen LogP contribution in [-0.2, 0) is 9.47 Å². The Bertz CT molecular complexity index is 396. The standard InChI is InChI=1S/C11H15ClN2O3/c1-7(2)16-3-4-17-11(15)9-5-8(13)6-14-10(9)12/h5-7H,3-4,13H2,1-2H3. The zero-order valence-corrected chi connectivity index (χ0v) is 10.5. The number of nitrogen functional groups attached to an aromatic ring is 1. The van der Waals surface area contributed by atoms with E-state index >= 15 is 0 Å². The van der Waals surface area contributed by atoms with Crippen molar-refractivity contribution in [2.75, 3.05) is 18.9 Å². The molecule has 0 amide bonds. The second kappa shape index (κ2) is 6.42. The van der Waals surface area contributed by atoms with Gasteiger partial charge in [0.2, 0.25) is 0 Å². The molecular weight excluding hydrogens is 244 g/mol. The van der Waals surface area contributed by atoms with Crippen molar-refractivity contribution in [1.29, 1.82) is 0 Å². The molecule has 0 saturated carbocycles. The lowest BCUT2D eigenvalue weighted by Crippen LogP contribution is -2.14. The van der Waals surface area contributed by atoms with Gasteiger partial charge >= 0.3 is 5.97 Å². The van der Waals surface area contributed by atoms with E-state index in [4.69, 9.17) is 26.8 Å². The predicted molar refractivity (Wildman–Crippen MR) is 65.0 cm³/mol. The number of esters is 1. The zero-order valence-electron chi connectivity index (χ0n) is 9.77. The Balaban J connectivity index is 2.49. The van der Waals surface area contributed by atoms with Crippen molar-refractivity contribution >= 4 is 23.3 Å². The summed E-state index contributed by atoms with van der Waals surface area (Å²) in [5.74, 6) is -0.554. The maximum absolute atomic E-state index is 11.6. The maximum Gasteiger partial charge on any atom is 0.341 e. The van der Waals surface area contributed by atoms with E-state index in [1.165, 1.54) is 12.3 Å². The molecule has 94 valence electrons. The van der Waals surface area contributed by atoms with Crippen molar-refractivity contribution < 1.29 is 14.3 Å². The predicted octanol–water partition coefficient (Wildman–Crippen LogP) is 1.90. The Morgan fingerprint density at radius 2 is 2.24 bits per heavy atom. The van der Waals surface area contributed by atoms with Crippen LogP contribution in [0.4, 0.5) is 5.69 Å². The third kappa shape index (κ3) is 4.58. The van der Waals surface area contributed by atoms with Crippen LogP contribution >= 0.6 is 11.6 Å². The van der Waals surface area contributed by atoms with Gasteiger partial charge in [0.25, 0.3) is 0 Å². The number of nitrogens with two attached hydrogens (primary N) is 1. The van der Waals surface area contributed by atoms with E-state index in [9.17, 15) is 4.79 Å². The van der Waals surface area contributed by atoms with E-state index in [1.807, 2.05) is 13.8 Å². The van der Waals surface area contributed by atoms with Crippen LogP contribution in [0.15, 0.2) is 12.3 Å². The van der Waals surface area contributed by atoms with Gasteiger partial charge in [-0.1, -0.05) is 11.6 Å². The topological polar surface area (TPSA) is 74.4 Å². The van der Waals surface area contributed by atoms with E-state index in [0.29, 0.717) is 12.3 Å². The fourth-order valence-corrected chi connectivity index (χ4v) is 1.28. The SMILES string of the molecule is CC(C)OCCOC(=O)c1cc(N)cnc1Cl. The van der Waals surface area contributed by atoms with Gasteiger partial charge in [-0.3, -0.25) is 0 Å². The summed E-state index contributed by atoms with van der Waals surface area (Å²) in [6.45, 7) is 4.32. The molecule has 1 rings (SSSR count). The highest BCUT2D eigenvalue weighted by Crippen LogP contribution is 2.16. The molecule has 6 heteroatoms. The molecule has 0 fully saturated rings. The van der Waals surface area contributed by atoms with Gasteiger partial charge in [-0.15, -0.1) is 0 Å². The Labute approximate surface area is 105 Å². The van der Waals surface area contributed by atoms with Crippen LogP contribution in [0.2, 0.25) is 5.15 Å². The highest BCUT2D eigenvalue weighted by atomic mass is 35.5. The van der Waals surface area contributed by atoms with Crippen molar-refractivity contribution in [3.63, 3.8) is 0 Å². The van der Waals surface area contributed by atoms with Crippen LogP contribution in [0.3, 0.4) is 0 Å². The molecular formula is C11H15ClN2O3. The summed E-state index contributed by atoms with van der Waals surface area (Å²) in [5, 5.41) is 0.0778. The number of hydrogen-bond donors (Lipinski definition) is 1. The molecule has 0 aromatic carbocycles.